The van der Waals surface area contributed by atoms with Crippen molar-refractivity contribution in [2.75, 3.05) is 0 Å². The molecule has 0 saturated heterocycles. The summed E-state index contributed by atoms with van der Waals surface area (Å²) >= 11 is 1.60. The lowest BCUT2D eigenvalue weighted by Crippen LogP contribution is -2.17. The van der Waals surface area contributed by atoms with Crippen LogP contribution in [-0.2, 0) is 6.54 Å². The van der Waals surface area contributed by atoms with E-state index in [2.05, 4.69) is 0 Å². The monoisotopic (exact) mass is 267 g/mol. The number of thiophene rings is 1. The second-order valence-corrected chi connectivity index (χ2v) is 5.23. The molecule has 2 aromatic heterocycles. The summed E-state index contributed by atoms with van der Waals surface area (Å²) in [6, 6.07) is 14.0. The van der Waals surface area contributed by atoms with Gasteiger partial charge >= 0.3 is 0 Å². The van der Waals surface area contributed by atoms with E-state index in [-0.39, 0.29) is 5.56 Å². The highest BCUT2D eigenvalue weighted by molar-refractivity contribution is 7.17. The maximum absolute atomic E-state index is 12.2. The normalized spacial score (nSPS) is 11.4. The first kappa shape index (κ1) is 11.9. The van der Waals surface area contributed by atoms with Crippen molar-refractivity contribution >= 4 is 27.5 Å². The first-order valence-corrected chi connectivity index (χ1v) is 7.01. The number of pyridine rings is 1. The van der Waals surface area contributed by atoms with Crippen molar-refractivity contribution in [2.24, 2.45) is 0 Å². The Bertz CT molecular complexity index is 768. The molecule has 0 aliphatic carbocycles. The highest BCUT2D eigenvalue weighted by Crippen LogP contribution is 2.16. The summed E-state index contributed by atoms with van der Waals surface area (Å²) in [5, 5.41) is 2.76. The zero-order chi connectivity index (χ0) is 13.1. The molecule has 3 heteroatoms. The quantitative estimate of drug-likeness (QED) is 0.708. The van der Waals surface area contributed by atoms with E-state index in [9.17, 15) is 4.79 Å². The summed E-state index contributed by atoms with van der Waals surface area (Å²) in [6.07, 6.45) is 5.90. The molecule has 0 amide bonds. The van der Waals surface area contributed by atoms with Crippen molar-refractivity contribution < 1.29 is 0 Å². The van der Waals surface area contributed by atoms with Crippen LogP contribution in [0.15, 0.2) is 64.9 Å². The van der Waals surface area contributed by atoms with Gasteiger partial charge in [-0.3, -0.25) is 4.79 Å². The fraction of sp³-hybridized carbons (Fsp3) is 0.0625. The Labute approximate surface area is 115 Å². The molecule has 2 heterocycles. The molecular weight excluding hydrogens is 254 g/mol. The molecule has 3 rings (SSSR count). The maximum atomic E-state index is 12.2. The zero-order valence-electron chi connectivity index (χ0n) is 10.3. The van der Waals surface area contributed by atoms with Gasteiger partial charge in [0.05, 0.1) is 5.39 Å². The van der Waals surface area contributed by atoms with Crippen LogP contribution in [0.3, 0.4) is 0 Å². The van der Waals surface area contributed by atoms with Gasteiger partial charge in [-0.05, 0) is 23.1 Å². The average molecular weight is 267 g/mol. The molecule has 3 aromatic rings. The molecule has 0 N–H and O–H groups in total. The molecule has 19 heavy (non-hydrogen) atoms. The minimum atomic E-state index is 0.0801. The SMILES string of the molecule is O=c1c2ccsc2ccn1C/C=C/c1ccccc1. The van der Waals surface area contributed by atoms with Crippen LogP contribution < -0.4 is 5.56 Å². The largest absolute Gasteiger partial charge is 0.311 e. The first-order chi connectivity index (χ1) is 9.34. The summed E-state index contributed by atoms with van der Waals surface area (Å²) in [5.41, 5.74) is 1.23. The van der Waals surface area contributed by atoms with Crippen LogP contribution in [0, 0.1) is 0 Å². The lowest BCUT2D eigenvalue weighted by molar-refractivity contribution is 0.791. The van der Waals surface area contributed by atoms with Gasteiger partial charge in [-0.15, -0.1) is 11.3 Å². The highest BCUT2D eigenvalue weighted by atomic mass is 32.1. The molecule has 1 aromatic carbocycles. The Kier molecular flexibility index (Phi) is 3.29. The van der Waals surface area contributed by atoms with Gasteiger partial charge in [0, 0.05) is 17.4 Å². The van der Waals surface area contributed by atoms with Crippen molar-refractivity contribution in [3.8, 4) is 0 Å². The van der Waals surface area contributed by atoms with Crippen LogP contribution in [0.25, 0.3) is 16.2 Å². The smallest absolute Gasteiger partial charge is 0.259 e. The van der Waals surface area contributed by atoms with E-state index in [1.165, 1.54) is 0 Å². The first-order valence-electron chi connectivity index (χ1n) is 6.13. The molecule has 0 unspecified atom stereocenters. The molecule has 0 radical (unpaired) electrons. The Morgan fingerprint density at radius 3 is 2.79 bits per heavy atom. The Morgan fingerprint density at radius 1 is 1.11 bits per heavy atom. The van der Waals surface area contributed by atoms with Crippen LogP contribution in [0.4, 0.5) is 0 Å². The van der Waals surface area contributed by atoms with Gasteiger partial charge in [-0.25, -0.2) is 0 Å². The average Bonchev–Trinajstić information content (AvgIpc) is 2.92. The van der Waals surface area contributed by atoms with Gasteiger partial charge in [0.1, 0.15) is 0 Å². The van der Waals surface area contributed by atoms with Crippen LogP contribution in [0.5, 0.6) is 0 Å². The van der Waals surface area contributed by atoms with E-state index in [1.54, 1.807) is 15.9 Å². The van der Waals surface area contributed by atoms with Crippen molar-refractivity contribution in [2.45, 2.75) is 6.54 Å². The third-order valence-corrected chi connectivity index (χ3v) is 3.89. The van der Waals surface area contributed by atoms with Crippen LogP contribution in [0.1, 0.15) is 5.56 Å². The minimum absolute atomic E-state index is 0.0801. The number of aromatic nitrogens is 1. The van der Waals surface area contributed by atoms with Gasteiger partial charge in [-0.2, -0.15) is 0 Å². The molecule has 0 aliphatic rings. The van der Waals surface area contributed by atoms with E-state index in [0.29, 0.717) is 6.54 Å². The molecule has 94 valence electrons. The molecule has 0 fully saturated rings. The maximum Gasteiger partial charge on any atom is 0.259 e. The summed E-state index contributed by atoms with van der Waals surface area (Å²) in [4.78, 5) is 12.2. The molecule has 0 saturated carbocycles. The number of nitrogens with zero attached hydrogens (tertiary/aromatic N) is 1. The van der Waals surface area contributed by atoms with Gasteiger partial charge in [-0.1, -0.05) is 42.5 Å². The van der Waals surface area contributed by atoms with E-state index in [1.807, 2.05) is 66.2 Å². The van der Waals surface area contributed by atoms with Gasteiger partial charge in [0.15, 0.2) is 0 Å². The zero-order valence-corrected chi connectivity index (χ0v) is 11.1. The van der Waals surface area contributed by atoms with Crippen molar-refractivity contribution in [1.29, 1.82) is 0 Å². The molecule has 0 atom stereocenters. The Morgan fingerprint density at radius 2 is 1.95 bits per heavy atom. The van der Waals surface area contributed by atoms with Crippen molar-refractivity contribution in [3.63, 3.8) is 0 Å². The van der Waals surface area contributed by atoms with E-state index in [0.717, 1.165) is 15.6 Å². The predicted octanol–water partition coefficient (Wildman–Crippen LogP) is 3.78. The lowest BCUT2D eigenvalue weighted by Gasteiger charge is -2.01. The Balaban J connectivity index is 1.84. The van der Waals surface area contributed by atoms with Crippen molar-refractivity contribution in [1.82, 2.24) is 4.57 Å². The second-order valence-electron chi connectivity index (χ2n) is 4.28. The number of benzene rings is 1. The molecule has 2 nitrogen and oxygen atoms in total. The topological polar surface area (TPSA) is 22.0 Å². The predicted molar refractivity (Wildman–Crippen MR) is 81.6 cm³/mol. The summed E-state index contributed by atoms with van der Waals surface area (Å²) < 4.78 is 2.78. The molecule has 0 bridgehead atoms. The summed E-state index contributed by atoms with van der Waals surface area (Å²) in [7, 11) is 0. The second kappa shape index (κ2) is 5.24. The van der Waals surface area contributed by atoms with Crippen molar-refractivity contribution in [3.05, 3.63) is 76.0 Å². The fourth-order valence-electron chi connectivity index (χ4n) is 2.02. The number of fused-ring (bicyclic) bond motifs is 1. The van der Waals surface area contributed by atoms with Gasteiger partial charge in [0.2, 0.25) is 0 Å². The van der Waals surface area contributed by atoms with E-state index < -0.39 is 0 Å². The molecular formula is C16H13NOS. The van der Waals surface area contributed by atoms with Crippen LogP contribution >= 0.6 is 11.3 Å². The van der Waals surface area contributed by atoms with Crippen LogP contribution in [0.2, 0.25) is 0 Å². The third kappa shape index (κ3) is 2.51. The fourth-order valence-corrected chi connectivity index (χ4v) is 2.79. The number of rotatable bonds is 3. The minimum Gasteiger partial charge on any atom is -0.311 e. The van der Waals surface area contributed by atoms with Crippen LogP contribution in [-0.4, -0.2) is 4.57 Å². The van der Waals surface area contributed by atoms with E-state index in [4.69, 9.17) is 0 Å². The van der Waals surface area contributed by atoms with E-state index >= 15 is 0 Å². The number of hydrogen-bond donors (Lipinski definition) is 0. The summed E-state index contributed by atoms with van der Waals surface area (Å²) in [5.74, 6) is 0. The summed E-state index contributed by atoms with van der Waals surface area (Å²) in [6.45, 7) is 0.597. The highest BCUT2D eigenvalue weighted by Gasteiger charge is 2.01. The number of allylic oxidation sites excluding steroid dienone is 1. The third-order valence-electron chi connectivity index (χ3n) is 3.00. The Hall–Kier alpha value is -2.13. The van der Waals surface area contributed by atoms with Gasteiger partial charge < -0.3 is 4.57 Å². The molecule has 0 spiro atoms. The van der Waals surface area contributed by atoms with Gasteiger partial charge in [0.25, 0.3) is 5.56 Å². The number of hydrogen-bond acceptors (Lipinski definition) is 2. The molecule has 0 aliphatic heterocycles. The lowest BCUT2D eigenvalue weighted by atomic mass is 10.2. The standard InChI is InChI=1S/C16H13NOS/c18-16-14-9-12-19-15(14)8-11-17(16)10-4-7-13-5-2-1-3-6-13/h1-9,11-12H,10H2/b7-4+.